The Bertz CT molecular complexity index is 1290. The first-order valence-electron chi connectivity index (χ1n) is 13.8. The Labute approximate surface area is 253 Å². The number of hydrogen-bond donors (Lipinski definition) is 6. The summed E-state index contributed by atoms with van der Waals surface area (Å²) >= 11 is 1.15. The summed E-state index contributed by atoms with van der Waals surface area (Å²) in [7, 11) is 0. The Balaban J connectivity index is 0.00000165. The first-order chi connectivity index (χ1) is 19.7. The average molecular weight is 596 g/mol. The minimum atomic E-state index is -0.250. The Morgan fingerprint density at radius 3 is 2.24 bits per heavy atom. The number of aromatic nitrogens is 2. The van der Waals surface area contributed by atoms with Gasteiger partial charge in [0, 0.05) is 66.6 Å². The third-order valence-electron chi connectivity index (χ3n) is 5.95. The summed E-state index contributed by atoms with van der Waals surface area (Å²) in [5.41, 5.74) is 3.69. The summed E-state index contributed by atoms with van der Waals surface area (Å²) < 4.78 is 0. The van der Waals surface area contributed by atoms with Crippen LogP contribution in [0.1, 0.15) is 66.6 Å². The molecule has 6 N–H and O–H groups in total. The smallest absolute Gasteiger partial charge is 0.290 e. The van der Waals surface area contributed by atoms with Crippen LogP contribution in [0.2, 0.25) is 0 Å². The molecule has 228 valence electrons. The van der Waals surface area contributed by atoms with Crippen molar-refractivity contribution in [2.75, 3.05) is 31.5 Å². The molecular weight excluding hydrogens is 550 g/mol. The zero-order chi connectivity index (χ0) is 32.1. The van der Waals surface area contributed by atoms with Crippen molar-refractivity contribution in [3.63, 3.8) is 0 Å². The third-order valence-corrected chi connectivity index (χ3v) is 6.83. The SMILES string of the molecule is CC.CC(C)(C)Nc1cc(-c2ccc(/C=C(/C#N)C=N)[nH]2)ncc1C(=N)SC(=N)N1CCN(C(C)(C)C)CC1.O=CO. The molecule has 0 saturated carbocycles. The lowest BCUT2D eigenvalue weighted by atomic mass is 10.1. The first-order valence-corrected chi connectivity index (χ1v) is 14.6. The van der Waals surface area contributed by atoms with Gasteiger partial charge >= 0.3 is 0 Å². The molecule has 11 nitrogen and oxygen atoms in total. The fourth-order valence-electron chi connectivity index (χ4n) is 4.01. The van der Waals surface area contributed by atoms with E-state index in [1.165, 1.54) is 0 Å². The monoisotopic (exact) mass is 595 g/mol. The van der Waals surface area contributed by atoms with E-state index in [0.29, 0.717) is 22.1 Å². The van der Waals surface area contributed by atoms with Gasteiger partial charge in [0.1, 0.15) is 11.1 Å². The number of carbonyl (C=O) groups is 1. The quantitative estimate of drug-likeness (QED) is 0.106. The highest BCUT2D eigenvalue weighted by Gasteiger charge is 2.28. The molecule has 0 unspecified atom stereocenters. The summed E-state index contributed by atoms with van der Waals surface area (Å²) in [5, 5.41) is 44.9. The van der Waals surface area contributed by atoms with Crippen LogP contribution < -0.4 is 5.32 Å². The first kappa shape index (κ1) is 36.1. The normalized spacial score (nSPS) is 13.9. The molecule has 3 rings (SSSR count). The van der Waals surface area contributed by atoms with Crippen LogP contribution in [0.25, 0.3) is 17.5 Å². The van der Waals surface area contributed by atoms with E-state index in [-0.39, 0.29) is 28.2 Å². The minimum absolute atomic E-state index is 0.114. The van der Waals surface area contributed by atoms with Crippen molar-refractivity contribution in [3.05, 3.63) is 41.2 Å². The van der Waals surface area contributed by atoms with Crippen LogP contribution in [0.3, 0.4) is 0 Å². The number of thioether (sulfide) groups is 1. The van der Waals surface area contributed by atoms with Crippen LogP contribution in [-0.2, 0) is 4.79 Å². The van der Waals surface area contributed by atoms with E-state index >= 15 is 0 Å². The maximum absolute atomic E-state index is 9.08. The molecular formula is C30H45N9O2S. The molecule has 0 radical (unpaired) electrons. The largest absolute Gasteiger partial charge is 0.483 e. The number of piperazine rings is 1. The van der Waals surface area contributed by atoms with Crippen LogP contribution in [-0.4, -0.2) is 85.0 Å². The second kappa shape index (κ2) is 16.5. The van der Waals surface area contributed by atoms with Crippen LogP contribution in [0.4, 0.5) is 5.69 Å². The number of rotatable bonds is 5. The van der Waals surface area contributed by atoms with Crippen LogP contribution in [0.5, 0.6) is 0 Å². The molecule has 12 heteroatoms. The standard InChI is InChI=1S/C27H37N9S.C2H6.CH2O2/c1-26(2,3)34-22-14-23(21-8-7-19(33-21)13-18(15-28)16-29)32-17-20(22)24(30)37-25(31)35-9-11-36(12-10-35)27(4,5)6;1-2;2-1-3/h7-8,13-15,17,28,30-31,33H,9-12H2,1-6H3,(H,32,34);1-2H3;1H,(H,2,3)/b18-13+,28-15?,30-24?,31-25?;;. The molecule has 3 heterocycles. The molecule has 0 aliphatic carbocycles. The van der Waals surface area contributed by atoms with Crippen LogP contribution in [0.15, 0.2) is 30.0 Å². The Kier molecular flexibility index (Phi) is 14.2. The van der Waals surface area contributed by atoms with Crippen molar-refractivity contribution < 1.29 is 9.90 Å². The van der Waals surface area contributed by atoms with E-state index in [4.69, 9.17) is 31.4 Å². The van der Waals surface area contributed by atoms with Gasteiger partial charge in [-0.3, -0.25) is 25.5 Å². The predicted octanol–water partition coefficient (Wildman–Crippen LogP) is 5.98. The number of nitriles is 1. The van der Waals surface area contributed by atoms with E-state index in [1.54, 1.807) is 12.3 Å². The zero-order valence-corrected chi connectivity index (χ0v) is 26.7. The Hall–Kier alpha value is -3.95. The number of amidine groups is 1. The van der Waals surface area contributed by atoms with Crippen molar-refractivity contribution in [2.24, 2.45) is 0 Å². The lowest BCUT2D eigenvalue weighted by molar-refractivity contribution is -0.122. The highest BCUT2D eigenvalue weighted by atomic mass is 32.2. The molecule has 0 amide bonds. The number of pyridine rings is 1. The predicted molar refractivity (Wildman–Crippen MR) is 175 cm³/mol. The number of aromatic amines is 1. The molecule has 1 aliphatic heterocycles. The zero-order valence-electron chi connectivity index (χ0n) is 25.9. The number of nitrogens with one attached hydrogen (secondary N) is 5. The van der Waals surface area contributed by atoms with Gasteiger partial charge in [-0.25, -0.2) is 0 Å². The summed E-state index contributed by atoms with van der Waals surface area (Å²) in [6.07, 6.45) is 4.31. The van der Waals surface area contributed by atoms with Crippen molar-refractivity contribution in [1.82, 2.24) is 19.8 Å². The van der Waals surface area contributed by atoms with E-state index in [0.717, 1.165) is 55.5 Å². The van der Waals surface area contributed by atoms with E-state index < -0.39 is 0 Å². The van der Waals surface area contributed by atoms with Gasteiger partial charge in [0.05, 0.1) is 17.0 Å². The van der Waals surface area contributed by atoms with Gasteiger partial charge < -0.3 is 25.7 Å². The van der Waals surface area contributed by atoms with Gasteiger partial charge in [-0.1, -0.05) is 13.8 Å². The number of hydrogen-bond acceptors (Lipinski definition) is 9. The minimum Gasteiger partial charge on any atom is -0.483 e. The Morgan fingerprint density at radius 1 is 1.14 bits per heavy atom. The maximum atomic E-state index is 9.08. The molecule has 42 heavy (non-hydrogen) atoms. The van der Waals surface area contributed by atoms with Gasteiger partial charge in [-0.05, 0) is 77.6 Å². The van der Waals surface area contributed by atoms with Gasteiger partial charge in [-0.15, -0.1) is 0 Å². The third kappa shape index (κ3) is 11.1. The molecule has 0 bridgehead atoms. The summed E-state index contributed by atoms with van der Waals surface area (Å²) in [6, 6.07) is 7.59. The number of nitrogens with zero attached hydrogens (tertiary/aromatic N) is 4. The molecule has 1 fully saturated rings. The van der Waals surface area contributed by atoms with Crippen molar-refractivity contribution in [1.29, 1.82) is 21.5 Å². The average Bonchev–Trinajstić information content (AvgIpc) is 3.40. The summed E-state index contributed by atoms with van der Waals surface area (Å²) in [6.45, 7) is 19.9. The molecule has 0 atom stereocenters. The number of H-pyrrole nitrogens is 1. The summed E-state index contributed by atoms with van der Waals surface area (Å²) in [4.78, 5) is 20.7. The maximum Gasteiger partial charge on any atom is 0.290 e. The number of carboxylic acid groups (broad SMARTS) is 1. The summed E-state index contributed by atoms with van der Waals surface area (Å²) in [5.74, 6) is 0. The van der Waals surface area contributed by atoms with E-state index in [1.807, 2.05) is 43.0 Å². The Morgan fingerprint density at radius 2 is 1.74 bits per heavy atom. The molecule has 2 aromatic rings. The number of allylic oxidation sites excluding steroid dienone is 1. The molecule has 1 aliphatic rings. The highest BCUT2D eigenvalue weighted by Crippen LogP contribution is 2.29. The lowest BCUT2D eigenvalue weighted by Crippen LogP contribution is -2.54. The molecule has 0 aromatic carbocycles. The molecule has 1 saturated heterocycles. The second-order valence-corrected chi connectivity index (χ2v) is 12.2. The van der Waals surface area contributed by atoms with Gasteiger partial charge in [0.2, 0.25) is 0 Å². The fourth-order valence-corrected chi connectivity index (χ4v) is 4.78. The van der Waals surface area contributed by atoms with Crippen LogP contribution >= 0.6 is 11.8 Å². The van der Waals surface area contributed by atoms with Crippen molar-refractivity contribution in [2.45, 2.75) is 66.5 Å². The molecule has 0 spiro atoms. The topological polar surface area (TPSA) is 180 Å². The van der Waals surface area contributed by atoms with E-state index in [9.17, 15) is 0 Å². The van der Waals surface area contributed by atoms with Gasteiger partial charge in [0.15, 0.2) is 5.17 Å². The fraction of sp³-hybridized carbons (Fsp3) is 0.467. The number of anilines is 1. The van der Waals surface area contributed by atoms with Crippen LogP contribution in [0, 0.1) is 27.6 Å². The van der Waals surface area contributed by atoms with Gasteiger partial charge in [-0.2, -0.15) is 5.26 Å². The van der Waals surface area contributed by atoms with Crippen molar-refractivity contribution >= 4 is 46.4 Å². The second-order valence-electron chi connectivity index (χ2n) is 11.2. The van der Waals surface area contributed by atoms with Gasteiger partial charge in [0.25, 0.3) is 6.47 Å². The lowest BCUT2D eigenvalue weighted by Gasteiger charge is -2.42. The van der Waals surface area contributed by atoms with Crippen molar-refractivity contribution in [3.8, 4) is 17.5 Å². The highest BCUT2D eigenvalue weighted by molar-refractivity contribution is 8.26. The van der Waals surface area contributed by atoms with E-state index in [2.05, 4.69) is 61.7 Å². The molecule has 2 aromatic heterocycles.